The van der Waals surface area contributed by atoms with Crippen molar-refractivity contribution in [2.75, 3.05) is 38.0 Å². The Morgan fingerprint density at radius 2 is 1.96 bits per heavy atom. The van der Waals surface area contributed by atoms with Gasteiger partial charge < -0.3 is 5.32 Å². The number of carbonyl (C=O) groups excluding carboxylic acids is 1. The molecular weight excluding hydrogens is 394 g/mol. The van der Waals surface area contributed by atoms with Crippen LogP contribution in [0.1, 0.15) is 5.56 Å². The quantitative estimate of drug-likeness (QED) is 0.818. The fourth-order valence-electron chi connectivity index (χ4n) is 2.78. The standard InChI is InChI=1S/C17H20ClN3O3S2/c1-13-4-5-15(14(18)11-13)19-16(22)12-20-6-8-21(9-7-20)26(23,24)17-3-2-10-25-17/h2-5,10-11H,6-9,12H2,1H3,(H,19,22). The normalized spacial score (nSPS) is 16.5. The monoisotopic (exact) mass is 413 g/mol. The molecule has 1 aliphatic heterocycles. The van der Waals surface area contributed by atoms with E-state index >= 15 is 0 Å². The van der Waals surface area contributed by atoms with Crippen LogP contribution in [0.4, 0.5) is 5.69 Å². The van der Waals surface area contributed by atoms with Crippen LogP contribution in [0.15, 0.2) is 39.9 Å². The molecule has 3 rings (SSSR count). The fourth-order valence-corrected chi connectivity index (χ4v) is 5.63. The lowest BCUT2D eigenvalue weighted by molar-refractivity contribution is -0.117. The number of nitrogens with zero attached hydrogens (tertiary/aromatic N) is 2. The molecule has 1 aliphatic rings. The van der Waals surface area contributed by atoms with E-state index in [9.17, 15) is 13.2 Å². The van der Waals surface area contributed by atoms with Crippen molar-refractivity contribution in [1.29, 1.82) is 0 Å². The zero-order valence-electron chi connectivity index (χ0n) is 14.3. The van der Waals surface area contributed by atoms with E-state index in [-0.39, 0.29) is 12.5 Å². The fraction of sp³-hybridized carbons (Fsp3) is 0.353. The highest BCUT2D eigenvalue weighted by Crippen LogP contribution is 2.23. The van der Waals surface area contributed by atoms with Gasteiger partial charge in [0.2, 0.25) is 5.91 Å². The van der Waals surface area contributed by atoms with E-state index in [4.69, 9.17) is 11.6 Å². The van der Waals surface area contributed by atoms with Crippen LogP contribution < -0.4 is 5.32 Å². The van der Waals surface area contributed by atoms with E-state index in [1.54, 1.807) is 29.6 Å². The number of rotatable bonds is 5. The minimum absolute atomic E-state index is 0.162. The maximum Gasteiger partial charge on any atom is 0.252 e. The number of thiophene rings is 1. The molecule has 0 atom stereocenters. The van der Waals surface area contributed by atoms with Gasteiger partial charge in [-0.3, -0.25) is 9.69 Å². The topological polar surface area (TPSA) is 69.7 Å². The summed E-state index contributed by atoms with van der Waals surface area (Å²) in [6.07, 6.45) is 0. The molecule has 2 aromatic rings. The minimum atomic E-state index is -3.42. The van der Waals surface area contributed by atoms with Crippen LogP contribution in [-0.4, -0.2) is 56.3 Å². The van der Waals surface area contributed by atoms with Gasteiger partial charge in [0.15, 0.2) is 0 Å². The Labute approximate surface area is 162 Å². The van der Waals surface area contributed by atoms with E-state index < -0.39 is 10.0 Å². The highest BCUT2D eigenvalue weighted by molar-refractivity contribution is 7.91. The summed E-state index contributed by atoms with van der Waals surface area (Å²) in [7, 11) is -3.42. The van der Waals surface area contributed by atoms with Gasteiger partial charge in [-0.05, 0) is 36.1 Å². The summed E-state index contributed by atoms with van der Waals surface area (Å²) in [5.74, 6) is -0.162. The molecule has 0 spiro atoms. The highest BCUT2D eigenvalue weighted by atomic mass is 35.5. The van der Waals surface area contributed by atoms with Crippen LogP contribution >= 0.6 is 22.9 Å². The molecule has 1 fully saturated rings. The average Bonchev–Trinajstić information content (AvgIpc) is 3.13. The Morgan fingerprint density at radius 1 is 1.23 bits per heavy atom. The van der Waals surface area contributed by atoms with Crippen molar-refractivity contribution in [3.8, 4) is 0 Å². The number of nitrogens with one attached hydrogen (secondary N) is 1. The summed E-state index contributed by atoms with van der Waals surface area (Å²) >= 11 is 7.35. The van der Waals surface area contributed by atoms with Crippen molar-refractivity contribution in [3.05, 3.63) is 46.3 Å². The number of anilines is 1. The molecule has 26 heavy (non-hydrogen) atoms. The van der Waals surface area contributed by atoms with Gasteiger partial charge in [-0.15, -0.1) is 11.3 Å². The van der Waals surface area contributed by atoms with Gasteiger partial charge in [-0.25, -0.2) is 8.42 Å². The van der Waals surface area contributed by atoms with Gasteiger partial charge in [-0.1, -0.05) is 23.7 Å². The van der Waals surface area contributed by atoms with E-state index in [2.05, 4.69) is 5.32 Å². The second-order valence-electron chi connectivity index (χ2n) is 6.14. The summed E-state index contributed by atoms with van der Waals surface area (Å²) in [6, 6.07) is 8.81. The Morgan fingerprint density at radius 3 is 2.58 bits per heavy atom. The molecule has 0 aliphatic carbocycles. The molecule has 1 aromatic heterocycles. The van der Waals surface area contributed by atoms with E-state index in [1.165, 1.54) is 15.6 Å². The lowest BCUT2D eigenvalue weighted by Crippen LogP contribution is -2.50. The maximum atomic E-state index is 12.5. The number of sulfonamides is 1. The Bertz CT molecular complexity index is 877. The van der Waals surface area contributed by atoms with Gasteiger partial charge in [0, 0.05) is 26.2 Å². The Kier molecular flexibility index (Phi) is 5.99. The zero-order valence-corrected chi connectivity index (χ0v) is 16.7. The van der Waals surface area contributed by atoms with Crippen molar-refractivity contribution < 1.29 is 13.2 Å². The van der Waals surface area contributed by atoms with Crippen molar-refractivity contribution in [2.24, 2.45) is 0 Å². The van der Waals surface area contributed by atoms with Gasteiger partial charge in [0.1, 0.15) is 4.21 Å². The van der Waals surface area contributed by atoms with Crippen molar-refractivity contribution in [3.63, 3.8) is 0 Å². The molecule has 0 saturated carbocycles. The number of hydrogen-bond acceptors (Lipinski definition) is 5. The number of carbonyl (C=O) groups is 1. The molecule has 6 nitrogen and oxygen atoms in total. The Balaban J connectivity index is 1.53. The van der Waals surface area contributed by atoms with Crippen LogP contribution in [0.2, 0.25) is 5.02 Å². The molecule has 2 heterocycles. The third-order valence-corrected chi connectivity index (χ3v) is 7.77. The molecule has 1 amide bonds. The first-order valence-corrected chi connectivity index (χ1v) is 10.9. The minimum Gasteiger partial charge on any atom is -0.324 e. The number of halogens is 1. The van der Waals surface area contributed by atoms with Gasteiger partial charge in [0.05, 0.1) is 17.3 Å². The average molecular weight is 414 g/mol. The first-order valence-electron chi connectivity index (χ1n) is 8.18. The predicted molar refractivity (Wildman–Crippen MR) is 104 cm³/mol. The van der Waals surface area contributed by atoms with Crippen LogP contribution in [-0.2, 0) is 14.8 Å². The van der Waals surface area contributed by atoms with E-state index in [1.807, 2.05) is 17.9 Å². The summed E-state index contributed by atoms with van der Waals surface area (Å²) in [6.45, 7) is 3.91. The van der Waals surface area contributed by atoms with Crippen LogP contribution in [0, 0.1) is 6.92 Å². The highest BCUT2D eigenvalue weighted by Gasteiger charge is 2.29. The lowest BCUT2D eigenvalue weighted by atomic mass is 10.2. The molecule has 140 valence electrons. The predicted octanol–water partition coefficient (Wildman–Crippen LogP) is 2.65. The van der Waals surface area contributed by atoms with Crippen LogP contribution in [0.3, 0.4) is 0 Å². The molecule has 1 saturated heterocycles. The molecule has 0 unspecified atom stereocenters. The van der Waals surface area contributed by atoms with Gasteiger partial charge >= 0.3 is 0 Å². The second kappa shape index (κ2) is 8.06. The number of aryl methyl sites for hydroxylation is 1. The largest absolute Gasteiger partial charge is 0.324 e. The molecule has 1 N–H and O–H groups in total. The van der Waals surface area contributed by atoms with Gasteiger partial charge in [0.25, 0.3) is 10.0 Å². The summed E-state index contributed by atoms with van der Waals surface area (Å²) in [5.41, 5.74) is 1.61. The van der Waals surface area contributed by atoms with E-state index in [0.717, 1.165) is 5.56 Å². The summed E-state index contributed by atoms with van der Waals surface area (Å²) < 4.78 is 26.8. The number of hydrogen-bond donors (Lipinski definition) is 1. The zero-order chi connectivity index (χ0) is 18.7. The smallest absolute Gasteiger partial charge is 0.252 e. The third kappa shape index (κ3) is 4.44. The Hall–Kier alpha value is -1.45. The second-order valence-corrected chi connectivity index (χ2v) is 9.66. The molecule has 0 radical (unpaired) electrons. The SMILES string of the molecule is Cc1ccc(NC(=O)CN2CCN(S(=O)(=O)c3cccs3)CC2)c(Cl)c1. The number of piperazine rings is 1. The van der Waals surface area contributed by atoms with Crippen molar-refractivity contribution in [2.45, 2.75) is 11.1 Å². The lowest BCUT2D eigenvalue weighted by Gasteiger charge is -2.33. The maximum absolute atomic E-state index is 12.5. The van der Waals surface area contributed by atoms with Crippen molar-refractivity contribution >= 4 is 44.6 Å². The first kappa shape index (κ1) is 19.3. The summed E-state index contributed by atoms with van der Waals surface area (Å²) in [4.78, 5) is 14.2. The third-order valence-electron chi connectivity index (χ3n) is 4.19. The number of benzene rings is 1. The molecular formula is C17H20ClN3O3S2. The molecule has 0 bridgehead atoms. The van der Waals surface area contributed by atoms with Crippen LogP contribution in [0.5, 0.6) is 0 Å². The summed E-state index contributed by atoms with van der Waals surface area (Å²) in [5, 5.41) is 5.06. The van der Waals surface area contributed by atoms with Gasteiger partial charge in [-0.2, -0.15) is 4.31 Å². The first-order chi connectivity index (χ1) is 12.4. The van der Waals surface area contributed by atoms with Crippen molar-refractivity contribution in [1.82, 2.24) is 9.21 Å². The van der Waals surface area contributed by atoms with Crippen LogP contribution in [0.25, 0.3) is 0 Å². The van der Waals surface area contributed by atoms with E-state index in [0.29, 0.717) is 41.1 Å². The number of amides is 1. The molecule has 9 heteroatoms. The molecule has 1 aromatic carbocycles.